The van der Waals surface area contributed by atoms with Crippen molar-refractivity contribution in [1.82, 2.24) is 0 Å². The largest absolute Gasteiger partial charge is 0.483 e. The van der Waals surface area contributed by atoms with Crippen molar-refractivity contribution in [3.63, 3.8) is 0 Å². The fraction of sp³-hybridized carbons (Fsp3) is 0.190. The number of nitrogens with one attached hydrogen (secondary N) is 1. The Hall–Kier alpha value is -2.52. The van der Waals surface area contributed by atoms with Gasteiger partial charge in [0.25, 0.3) is 5.91 Å². The molecule has 0 spiro atoms. The summed E-state index contributed by atoms with van der Waals surface area (Å²) >= 11 is 6.20. The number of carbonyl (C=O) groups excluding carboxylic acids is 1. The second-order valence-electron chi connectivity index (χ2n) is 6.20. The van der Waals surface area contributed by atoms with Crippen molar-refractivity contribution in [3.05, 3.63) is 71.2 Å². The van der Waals surface area contributed by atoms with Crippen LogP contribution in [-0.2, 0) is 4.79 Å². The van der Waals surface area contributed by atoms with Crippen molar-refractivity contribution >= 4 is 34.0 Å². The molecule has 0 saturated heterocycles. The lowest BCUT2D eigenvalue weighted by molar-refractivity contribution is -0.118. The molecule has 0 saturated carbocycles. The minimum Gasteiger partial charge on any atom is -0.483 e. The Morgan fingerprint density at radius 1 is 1.00 bits per heavy atom. The topological polar surface area (TPSA) is 38.3 Å². The smallest absolute Gasteiger partial charge is 0.262 e. The Bertz CT molecular complexity index is 888. The maximum absolute atomic E-state index is 12.1. The van der Waals surface area contributed by atoms with E-state index < -0.39 is 0 Å². The highest BCUT2D eigenvalue weighted by atomic mass is 35.5. The molecule has 1 N–H and O–H groups in total. The fourth-order valence-corrected chi connectivity index (χ4v) is 2.88. The van der Waals surface area contributed by atoms with Crippen LogP contribution >= 0.6 is 11.6 Å². The van der Waals surface area contributed by atoms with Gasteiger partial charge in [-0.2, -0.15) is 0 Å². The van der Waals surface area contributed by atoms with Crippen molar-refractivity contribution in [2.75, 3.05) is 11.9 Å². The Morgan fingerprint density at radius 3 is 2.36 bits per heavy atom. The first-order valence-corrected chi connectivity index (χ1v) is 8.62. The average molecular weight is 354 g/mol. The number of anilines is 1. The van der Waals surface area contributed by atoms with E-state index in [9.17, 15) is 4.79 Å². The quantitative estimate of drug-likeness (QED) is 0.645. The van der Waals surface area contributed by atoms with Gasteiger partial charge in [-0.05, 0) is 35.7 Å². The summed E-state index contributed by atoms with van der Waals surface area (Å²) in [6.07, 6.45) is 0. The maximum atomic E-state index is 12.1. The van der Waals surface area contributed by atoms with Crippen molar-refractivity contribution < 1.29 is 9.53 Å². The molecule has 1 amide bonds. The summed E-state index contributed by atoms with van der Waals surface area (Å²) < 4.78 is 5.70. The van der Waals surface area contributed by atoms with Gasteiger partial charge in [0, 0.05) is 21.5 Å². The highest BCUT2D eigenvalue weighted by Crippen LogP contribution is 2.31. The van der Waals surface area contributed by atoms with E-state index in [4.69, 9.17) is 16.3 Å². The fourth-order valence-electron chi connectivity index (χ4n) is 2.65. The zero-order valence-electron chi connectivity index (χ0n) is 14.3. The molecule has 0 bridgehead atoms. The molecule has 0 radical (unpaired) electrons. The van der Waals surface area contributed by atoms with Crippen LogP contribution in [-0.4, -0.2) is 12.5 Å². The third-order valence-electron chi connectivity index (χ3n) is 4.05. The molecule has 0 aliphatic heterocycles. The van der Waals surface area contributed by atoms with E-state index >= 15 is 0 Å². The molecule has 0 aliphatic rings. The number of benzene rings is 3. The number of hydrogen-bond donors (Lipinski definition) is 1. The average Bonchev–Trinajstić information content (AvgIpc) is 2.62. The van der Waals surface area contributed by atoms with Crippen LogP contribution in [0.4, 0.5) is 5.69 Å². The lowest BCUT2D eigenvalue weighted by atomic mass is 10.0. The number of halogens is 1. The number of amides is 1. The van der Waals surface area contributed by atoms with E-state index in [1.807, 2.05) is 48.5 Å². The molecule has 3 aromatic carbocycles. The summed E-state index contributed by atoms with van der Waals surface area (Å²) in [5.41, 5.74) is 2.00. The molecule has 0 fully saturated rings. The van der Waals surface area contributed by atoms with Crippen LogP contribution in [0.5, 0.6) is 5.75 Å². The number of rotatable bonds is 5. The van der Waals surface area contributed by atoms with E-state index in [0.717, 1.165) is 16.5 Å². The molecule has 3 aromatic rings. The molecule has 4 heteroatoms. The van der Waals surface area contributed by atoms with Crippen molar-refractivity contribution in [2.45, 2.75) is 19.8 Å². The lowest BCUT2D eigenvalue weighted by Crippen LogP contribution is -2.20. The van der Waals surface area contributed by atoms with E-state index in [0.29, 0.717) is 16.7 Å². The van der Waals surface area contributed by atoms with Gasteiger partial charge in [0.2, 0.25) is 0 Å². The molecule has 0 heterocycles. The zero-order valence-corrected chi connectivity index (χ0v) is 15.0. The Balaban J connectivity index is 1.66. The van der Waals surface area contributed by atoms with Gasteiger partial charge in [0.05, 0.1) is 0 Å². The molecule has 25 heavy (non-hydrogen) atoms. The molecule has 128 valence electrons. The summed E-state index contributed by atoms with van der Waals surface area (Å²) in [6, 6.07) is 19.1. The summed E-state index contributed by atoms with van der Waals surface area (Å²) in [6.45, 7) is 4.22. The molecule has 3 nitrogen and oxygen atoms in total. The van der Waals surface area contributed by atoms with Crippen molar-refractivity contribution in [3.8, 4) is 5.75 Å². The number of ether oxygens (including phenoxy) is 1. The van der Waals surface area contributed by atoms with Crippen LogP contribution < -0.4 is 10.1 Å². The SMILES string of the molecule is CC(C)c1ccc(NC(=O)COc2ccc(Cl)c3ccccc23)cc1. The Labute approximate surface area is 152 Å². The first-order valence-electron chi connectivity index (χ1n) is 8.24. The highest BCUT2D eigenvalue weighted by Gasteiger charge is 2.08. The third kappa shape index (κ3) is 4.12. The van der Waals surface area contributed by atoms with Crippen LogP contribution in [0.3, 0.4) is 0 Å². The van der Waals surface area contributed by atoms with E-state index in [-0.39, 0.29) is 12.5 Å². The summed E-state index contributed by atoms with van der Waals surface area (Å²) in [5, 5.41) is 5.31. The minimum absolute atomic E-state index is 0.0580. The normalized spacial score (nSPS) is 10.9. The van der Waals surface area contributed by atoms with Crippen LogP contribution in [0.15, 0.2) is 60.7 Å². The van der Waals surface area contributed by atoms with E-state index in [1.54, 1.807) is 12.1 Å². The summed E-state index contributed by atoms with van der Waals surface area (Å²) in [7, 11) is 0. The number of fused-ring (bicyclic) bond motifs is 1. The predicted molar refractivity (Wildman–Crippen MR) is 104 cm³/mol. The van der Waals surface area contributed by atoms with Gasteiger partial charge < -0.3 is 10.1 Å². The van der Waals surface area contributed by atoms with Crippen LogP contribution in [0, 0.1) is 0 Å². The standard InChI is InChI=1S/C21H20ClNO2/c1-14(2)15-7-9-16(10-8-15)23-21(24)13-25-20-12-11-19(22)17-5-3-4-6-18(17)20/h3-12,14H,13H2,1-2H3,(H,23,24). The van der Waals surface area contributed by atoms with Crippen molar-refractivity contribution in [2.24, 2.45) is 0 Å². The van der Waals surface area contributed by atoms with Gasteiger partial charge in [-0.15, -0.1) is 0 Å². The van der Waals surface area contributed by atoms with Crippen molar-refractivity contribution in [1.29, 1.82) is 0 Å². The van der Waals surface area contributed by atoms with Gasteiger partial charge in [-0.3, -0.25) is 4.79 Å². The molecule has 3 rings (SSSR count). The van der Waals surface area contributed by atoms with Gasteiger partial charge in [0.1, 0.15) is 5.75 Å². The van der Waals surface area contributed by atoms with Crippen LogP contribution in [0.2, 0.25) is 5.02 Å². The minimum atomic E-state index is -0.198. The molecule has 0 aromatic heterocycles. The first kappa shape index (κ1) is 17.3. The van der Waals surface area contributed by atoms with Gasteiger partial charge >= 0.3 is 0 Å². The van der Waals surface area contributed by atoms with E-state index in [1.165, 1.54) is 5.56 Å². The second-order valence-corrected chi connectivity index (χ2v) is 6.61. The van der Waals surface area contributed by atoms with E-state index in [2.05, 4.69) is 19.2 Å². The predicted octanol–water partition coefficient (Wildman–Crippen LogP) is 5.63. The monoisotopic (exact) mass is 353 g/mol. The van der Waals surface area contributed by atoms with Gasteiger partial charge in [-0.1, -0.05) is 61.8 Å². The maximum Gasteiger partial charge on any atom is 0.262 e. The molecular weight excluding hydrogens is 334 g/mol. The van der Waals surface area contributed by atoms with Gasteiger partial charge in [0.15, 0.2) is 6.61 Å². The highest BCUT2D eigenvalue weighted by molar-refractivity contribution is 6.35. The molecule has 0 aliphatic carbocycles. The lowest BCUT2D eigenvalue weighted by Gasteiger charge is -2.11. The Kier molecular flexibility index (Phi) is 5.25. The molecular formula is C21H20ClNO2. The second kappa shape index (κ2) is 7.58. The van der Waals surface area contributed by atoms with Crippen LogP contribution in [0.25, 0.3) is 10.8 Å². The number of carbonyl (C=O) groups is 1. The summed E-state index contributed by atoms with van der Waals surface area (Å²) in [5.74, 6) is 0.910. The zero-order chi connectivity index (χ0) is 17.8. The van der Waals surface area contributed by atoms with Crippen LogP contribution in [0.1, 0.15) is 25.3 Å². The Morgan fingerprint density at radius 2 is 1.68 bits per heavy atom. The number of hydrogen-bond acceptors (Lipinski definition) is 2. The first-order chi connectivity index (χ1) is 12.0. The molecule has 0 atom stereocenters. The molecule has 0 unspecified atom stereocenters. The van der Waals surface area contributed by atoms with Gasteiger partial charge in [-0.25, -0.2) is 0 Å². The third-order valence-corrected chi connectivity index (χ3v) is 4.38. The summed E-state index contributed by atoms with van der Waals surface area (Å²) in [4.78, 5) is 12.1.